The third-order valence-corrected chi connectivity index (χ3v) is 4.12. The molecule has 0 fully saturated rings. The molecule has 0 radical (unpaired) electrons. The average Bonchev–Trinajstić information content (AvgIpc) is 2.43. The highest BCUT2D eigenvalue weighted by Crippen LogP contribution is 2.29. The van der Waals surface area contributed by atoms with Gasteiger partial charge in [0.25, 0.3) is 0 Å². The molecule has 3 nitrogen and oxygen atoms in total. The highest BCUT2D eigenvalue weighted by atomic mass is 28.2. The summed E-state index contributed by atoms with van der Waals surface area (Å²) in [6, 6.07) is 10.1. The number of carbonyl (C=O) groups is 1. The van der Waals surface area contributed by atoms with E-state index in [1.165, 1.54) is 0 Å². The molecule has 0 amide bonds. The van der Waals surface area contributed by atoms with Gasteiger partial charge in [-0.1, -0.05) is 36.9 Å². The second-order valence-corrected chi connectivity index (χ2v) is 5.23. The Labute approximate surface area is 118 Å². The van der Waals surface area contributed by atoms with E-state index in [0.29, 0.717) is 22.7 Å². The first-order valence-corrected chi connectivity index (χ1v) is 7.24. The number of hydrogen-bond acceptors (Lipinski definition) is 3. The van der Waals surface area contributed by atoms with Crippen molar-refractivity contribution >= 4 is 16.5 Å². The van der Waals surface area contributed by atoms with Gasteiger partial charge < -0.3 is 9.16 Å². The molecule has 0 aromatic heterocycles. The Morgan fingerprint density at radius 1 is 1.37 bits per heavy atom. The Morgan fingerprint density at radius 2 is 2.00 bits per heavy atom. The zero-order valence-corrected chi connectivity index (χ0v) is 13.9. The molecule has 1 atom stereocenters. The summed E-state index contributed by atoms with van der Waals surface area (Å²) in [7, 11) is 0.672. The summed E-state index contributed by atoms with van der Waals surface area (Å²) in [6.45, 7) is 7.68. The summed E-state index contributed by atoms with van der Waals surface area (Å²) in [5.41, 5.74) is 1.31. The van der Waals surface area contributed by atoms with Gasteiger partial charge in [0.1, 0.15) is 10.5 Å². The fourth-order valence-corrected chi connectivity index (χ4v) is 2.29. The fraction of sp³-hybridized carbons (Fsp3) is 0.400. The number of ether oxygens (including phenoxy) is 1. The van der Waals surface area contributed by atoms with Crippen molar-refractivity contribution in [2.24, 2.45) is 0 Å². The first-order chi connectivity index (χ1) is 8.99. The van der Waals surface area contributed by atoms with E-state index in [9.17, 15) is 4.79 Å². The van der Waals surface area contributed by atoms with Gasteiger partial charge in [-0.15, -0.1) is 0 Å². The second kappa shape index (κ2) is 7.26. The second-order valence-electron chi connectivity index (χ2n) is 4.82. The van der Waals surface area contributed by atoms with Crippen LogP contribution >= 0.6 is 0 Å². The van der Waals surface area contributed by atoms with E-state index in [-0.39, 0.29) is 11.6 Å². The quantitative estimate of drug-likeness (QED) is 0.332. The molecule has 1 aromatic carbocycles. The number of esters is 1. The van der Waals surface area contributed by atoms with Crippen LogP contribution in [-0.2, 0) is 19.6 Å². The van der Waals surface area contributed by atoms with Gasteiger partial charge in [0.05, 0.1) is 12.2 Å². The molecule has 0 saturated heterocycles. The largest absolute Gasteiger partial charge is 0.462 e. The normalized spacial score (nSPS) is 13.8. The third kappa shape index (κ3) is 4.65. The van der Waals surface area contributed by atoms with E-state index in [1.807, 2.05) is 18.2 Å². The van der Waals surface area contributed by atoms with Gasteiger partial charge in [0.2, 0.25) is 0 Å². The van der Waals surface area contributed by atoms with E-state index < -0.39 is 0 Å². The van der Waals surface area contributed by atoms with Crippen molar-refractivity contribution in [1.82, 2.24) is 0 Å². The van der Waals surface area contributed by atoms with E-state index in [4.69, 9.17) is 9.16 Å². The molecule has 0 aliphatic heterocycles. The van der Waals surface area contributed by atoms with Gasteiger partial charge in [-0.3, -0.25) is 0 Å². The minimum absolute atomic E-state index is 0.289. The first-order valence-electron chi connectivity index (χ1n) is 6.43. The number of rotatable bonds is 7. The molecule has 0 bridgehead atoms. The monoisotopic (exact) mass is 278 g/mol. The molecule has 19 heavy (non-hydrogen) atoms. The van der Waals surface area contributed by atoms with Crippen molar-refractivity contribution in [3.63, 3.8) is 0 Å². The Morgan fingerprint density at radius 3 is 2.53 bits per heavy atom. The van der Waals surface area contributed by atoms with Crippen molar-refractivity contribution in [1.29, 1.82) is 0 Å². The molecule has 1 aromatic rings. The Kier molecular flexibility index (Phi) is 5.98. The molecule has 1 rings (SSSR count). The van der Waals surface area contributed by atoms with Crippen molar-refractivity contribution in [3.8, 4) is 0 Å². The Bertz CT molecular complexity index is 430. The lowest BCUT2D eigenvalue weighted by Gasteiger charge is -2.29. The van der Waals surface area contributed by atoms with Crippen molar-refractivity contribution in [2.75, 3.05) is 6.61 Å². The van der Waals surface area contributed by atoms with Crippen LogP contribution in [0.2, 0.25) is 0 Å². The Hall–Kier alpha value is -1.39. The SMILES string of the molecule is C=C(C)C(=O)OCCCC(C)(O[SiH3])c1ccccc1. The predicted octanol–water partition coefficient (Wildman–Crippen LogP) is 2.10. The van der Waals surface area contributed by atoms with E-state index in [2.05, 4.69) is 25.6 Å². The average molecular weight is 278 g/mol. The van der Waals surface area contributed by atoms with Crippen LogP contribution in [0.4, 0.5) is 0 Å². The minimum atomic E-state index is -0.326. The molecule has 4 heteroatoms. The van der Waals surface area contributed by atoms with Crippen LogP contribution in [0.5, 0.6) is 0 Å². The van der Waals surface area contributed by atoms with Crippen LogP contribution in [0.3, 0.4) is 0 Å². The predicted molar refractivity (Wildman–Crippen MR) is 79.8 cm³/mol. The van der Waals surface area contributed by atoms with Crippen molar-refractivity contribution < 1.29 is 14.0 Å². The number of carbonyl (C=O) groups excluding carboxylic acids is 1. The smallest absolute Gasteiger partial charge is 0.333 e. The Balaban J connectivity index is 2.49. The van der Waals surface area contributed by atoms with Crippen LogP contribution in [0.1, 0.15) is 32.3 Å². The molecule has 1 unspecified atom stereocenters. The number of hydrogen-bond donors (Lipinski definition) is 0. The topological polar surface area (TPSA) is 35.5 Å². The molecule has 0 saturated carbocycles. The summed E-state index contributed by atoms with van der Waals surface area (Å²) in [5, 5.41) is 0. The highest BCUT2D eigenvalue weighted by Gasteiger charge is 2.24. The summed E-state index contributed by atoms with van der Waals surface area (Å²) in [6.07, 6.45) is 1.59. The molecule has 0 aliphatic carbocycles. The lowest BCUT2D eigenvalue weighted by Crippen LogP contribution is -2.25. The maximum Gasteiger partial charge on any atom is 0.333 e. The van der Waals surface area contributed by atoms with E-state index in [0.717, 1.165) is 18.4 Å². The van der Waals surface area contributed by atoms with E-state index in [1.54, 1.807) is 6.92 Å². The minimum Gasteiger partial charge on any atom is -0.462 e. The molecule has 0 N–H and O–H groups in total. The summed E-state index contributed by atoms with van der Waals surface area (Å²) in [5.74, 6) is -0.326. The maximum atomic E-state index is 11.3. The molecular weight excluding hydrogens is 256 g/mol. The van der Waals surface area contributed by atoms with Crippen LogP contribution in [-0.4, -0.2) is 23.1 Å². The van der Waals surface area contributed by atoms with Crippen LogP contribution in [0, 0.1) is 0 Å². The summed E-state index contributed by atoms with van der Waals surface area (Å²) in [4.78, 5) is 11.3. The molecule has 0 spiro atoms. The zero-order valence-electron chi connectivity index (χ0n) is 11.9. The molecular formula is C15H22O3Si. The number of benzene rings is 1. The van der Waals surface area contributed by atoms with Gasteiger partial charge in [0.15, 0.2) is 0 Å². The van der Waals surface area contributed by atoms with Gasteiger partial charge in [-0.05, 0) is 32.3 Å². The van der Waals surface area contributed by atoms with Gasteiger partial charge >= 0.3 is 5.97 Å². The maximum absolute atomic E-state index is 11.3. The lowest BCUT2D eigenvalue weighted by molar-refractivity contribution is -0.139. The van der Waals surface area contributed by atoms with Gasteiger partial charge in [-0.2, -0.15) is 0 Å². The molecule has 0 heterocycles. The van der Waals surface area contributed by atoms with Crippen LogP contribution < -0.4 is 0 Å². The molecule has 0 aliphatic rings. The summed E-state index contributed by atoms with van der Waals surface area (Å²) < 4.78 is 10.9. The lowest BCUT2D eigenvalue weighted by atomic mass is 9.91. The highest BCUT2D eigenvalue weighted by molar-refractivity contribution is 5.98. The standard InChI is InChI=1S/C15H22O3Si/c1-12(2)14(16)17-11-7-10-15(3,18-19)13-8-5-4-6-9-13/h4-6,8-9H,1,7,10-11H2,2-3,19H3. The summed E-state index contributed by atoms with van der Waals surface area (Å²) >= 11 is 0. The zero-order chi connectivity index (χ0) is 14.3. The fourth-order valence-electron chi connectivity index (χ4n) is 1.85. The van der Waals surface area contributed by atoms with Gasteiger partial charge in [0, 0.05) is 5.57 Å². The third-order valence-electron chi connectivity index (χ3n) is 3.21. The van der Waals surface area contributed by atoms with Crippen molar-refractivity contribution in [2.45, 2.75) is 32.3 Å². The van der Waals surface area contributed by atoms with Crippen molar-refractivity contribution in [3.05, 3.63) is 48.0 Å². The van der Waals surface area contributed by atoms with Gasteiger partial charge in [-0.25, -0.2) is 4.79 Å². The first kappa shape index (κ1) is 15.7. The molecule has 104 valence electrons. The van der Waals surface area contributed by atoms with Crippen LogP contribution in [0.15, 0.2) is 42.5 Å². The van der Waals surface area contributed by atoms with E-state index >= 15 is 0 Å². The van der Waals surface area contributed by atoms with Crippen LogP contribution in [0.25, 0.3) is 0 Å².